The maximum atomic E-state index is 12.6. The van der Waals surface area contributed by atoms with Crippen LogP contribution in [0, 0.1) is 0 Å². The third-order valence-electron chi connectivity index (χ3n) is 6.13. The molecule has 0 bridgehead atoms. The number of rotatable bonds is 7. The Hall–Kier alpha value is -3.24. The minimum Gasteiger partial charge on any atom is -0.490 e. The molecule has 0 radical (unpaired) electrons. The number of benzene rings is 1. The van der Waals surface area contributed by atoms with Crippen LogP contribution < -0.4 is 9.47 Å². The van der Waals surface area contributed by atoms with Crippen LogP contribution in [0.25, 0.3) is 0 Å². The Morgan fingerprint density at radius 1 is 1.29 bits per heavy atom. The van der Waals surface area contributed by atoms with E-state index in [0.29, 0.717) is 36.2 Å². The number of oxime groups is 1. The van der Waals surface area contributed by atoms with E-state index in [-0.39, 0.29) is 24.5 Å². The van der Waals surface area contributed by atoms with E-state index in [1.54, 1.807) is 11.3 Å². The van der Waals surface area contributed by atoms with Crippen LogP contribution in [0.3, 0.4) is 0 Å². The molecule has 11 heteroatoms. The van der Waals surface area contributed by atoms with E-state index in [1.165, 1.54) is 19.6 Å². The number of halogens is 1. The van der Waals surface area contributed by atoms with Gasteiger partial charge in [-0.25, -0.2) is 9.97 Å². The van der Waals surface area contributed by atoms with Gasteiger partial charge >= 0.3 is 0 Å². The Bertz CT molecular complexity index is 1230. The van der Waals surface area contributed by atoms with Crippen molar-refractivity contribution < 1.29 is 19.1 Å². The lowest BCUT2D eigenvalue weighted by Crippen LogP contribution is -2.40. The van der Waals surface area contributed by atoms with Gasteiger partial charge in [-0.05, 0) is 18.9 Å². The third kappa shape index (κ3) is 5.23. The van der Waals surface area contributed by atoms with Crippen molar-refractivity contribution in [3.63, 3.8) is 0 Å². The number of amides is 1. The Labute approximate surface area is 211 Å². The predicted molar refractivity (Wildman–Crippen MR) is 131 cm³/mol. The van der Waals surface area contributed by atoms with Gasteiger partial charge in [0.2, 0.25) is 0 Å². The molecule has 2 aromatic heterocycles. The Balaban J connectivity index is 1.13. The molecule has 2 aliphatic rings. The Morgan fingerprint density at radius 2 is 2.11 bits per heavy atom. The lowest BCUT2D eigenvalue weighted by Gasteiger charge is -2.31. The maximum Gasteiger partial charge on any atom is 0.260 e. The zero-order chi connectivity index (χ0) is 24.2. The first kappa shape index (κ1) is 23.5. The average molecular weight is 514 g/mol. The molecule has 1 fully saturated rings. The largest absolute Gasteiger partial charge is 0.490 e. The summed E-state index contributed by atoms with van der Waals surface area (Å²) in [5.74, 6) is 0.889. The van der Waals surface area contributed by atoms with Crippen LogP contribution in [0.5, 0.6) is 11.6 Å². The van der Waals surface area contributed by atoms with E-state index >= 15 is 0 Å². The van der Waals surface area contributed by atoms with Gasteiger partial charge in [-0.3, -0.25) is 4.79 Å². The Morgan fingerprint density at radius 3 is 2.91 bits per heavy atom. The van der Waals surface area contributed by atoms with Crippen LogP contribution in [0.15, 0.2) is 47.3 Å². The van der Waals surface area contributed by atoms with Crippen molar-refractivity contribution in [2.75, 3.05) is 26.8 Å². The van der Waals surface area contributed by atoms with Gasteiger partial charge in [-0.2, -0.15) is 4.98 Å². The molecule has 0 N–H and O–H groups in total. The molecule has 0 spiro atoms. The number of carbonyl (C=O) groups excluding carboxylic acids is 1. The van der Waals surface area contributed by atoms with E-state index in [2.05, 4.69) is 15.1 Å². The topological polar surface area (TPSA) is 99.0 Å². The number of hydrogen-bond donors (Lipinski definition) is 0. The second-order valence-electron chi connectivity index (χ2n) is 8.27. The SMILES string of the molecule is COc1cncnc1OCC(=O)N1CCC(c2nc(C3=NOC(c4ccccc4Cl)C3)cs2)CC1. The highest BCUT2D eigenvalue weighted by atomic mass is 35.5. The van der Waals surface area contributed by atoms with E-state index in [0.717, 1.165) is 34.8 Å². The molecular weight excluding hydrogens is 490 g/mol. The van der Waals surface area contributed by atoms with Gasteiger partial charge in [0.15, 0.2) is 18.5 Å². The number of carbonyl (C=O) groups is 1. The molecule has 1 saturated heterocycles. The van der Waals surface area contributed by atoms with Crippen LogP contribution >= 0.6 is 22.9 Å². The third-order valence-corrected chi connectivity index (χ3v) is 7.48. The van der Waals surface area contributed by atoms with Crippen molar-refractivity contribution >= 4 is 34.6 Å². The second kappa shape index (κ2) is 10.6. The van der Waals surface area contributed by atoms with Crippen molar-refractivity contribution in [1.82, 2.24) is 19.9 Å². The molecule has 1 amide bonds. The zero-order valence-electron chi connectivity index (χ0n) is 19.1. The van der Waals surface area contributed by atoms with Gasteiger partial charge in [0, 0.05) is 41.4 Å². The predicted octanol–water partition coefficient (Wildman–Crippen LogP) is 4.25. The van der Waals surface area contributed by atoms with Crippen LogP contribution in [0.2, 0.25) is 5.02 Å². The molecule has 0 saturated carbocycles. The number of likely N-dealkylation sites (tertiary alicyclic amines) is 1. The number of thiazole rings is 1. The summed E-state index contributed by atoms with van der Waals surface area (Å²) in [5, 5.41) is 8.05. The smallest absolute Gasteiger partial charge is 0.260 e. The summed E-state index contributed by atoms with van der Waals surface area (Å²) in [7, 11) is 1.51. The summed E-state index contributed by atoms with van der Waals surface area (Å²) >= 11 is 7.95. The standard InChI is InChI=1S/C24H24ClN5O4S/c1-32-21-11-26-14-27-23(21)33-12-22(31)30-8-6-15(7-9-30)24-28-19(13-35-24)18-10-20(34-29-18)16-4-2-3-5-17(16)25/h2-5,11,13-15,20H,6-10,12H2,1H3. The molecule has 1 aromatic carbocycles. The number of nitrogens with zero attached hydrogens (tertiary/aromatic N) is 5. The summed E-state index contributed by atoms with van der Waals surface area (Å²) in [5.41, 5.74) is 2.62. The van der Waals surface area contributed by atoms with E-state index in [9.17, 15) is 4.79 Å². The number of ether oxygens (including phenoxy) is 2. The van der Waals surface area contributed by atoms with Gasteiger partial charge in [0.05, 0.1) is 24.0 Å². The minimum atomic E-state index is -0.192. The fraction of sp³-hybridized carbons (Fsp3) is 0.375. The van der Waals surface area contributed by atoms with E-state index in [4.69, 9.17) is 30.9 Å². The molecule has 3 aromatic rings. The van der Waals surface area contributed by atoms with E-state index in [1.807, 2.05) is 34.5 Å². The van der Waals surface area contributed by atoms with Gasteiger partial charge in [0.1, 0.15) is 12.0 Å². The molecule has 1 atom stereocenters. The minimum absolute atomic E-state index is 0.0768. The van der Waals surface area contributed by atoms with Gasteiger partial charge in [-0.1, -0.05) is 35.0 Å². The van der Waals surface area contributed by atoms with Crippen molar-refractivity contribution in [3.05, 3.63) is 63.5 Å². The molecule has 35 heavy (non-hydrogen) atoms. The monoisotopic (exact) mass is 513 g/mol. The number of hydrogen-bond acceptors (Lipinski definition) is 9. The Kier molecular flexibility index (Phi) is 7.10. The van der Waals surface area contributed by atoms with Gasteiger partial charge < -0.3 is 19.2 Å². The average Bonchev–Trinajstić information content (AvgIpc) is 3.58. The van der Waals surface area contributed by atoms with Crippen molar-refractivity contribution in [3.8, 4) is 11.6 Å². The number of aromatic nitrogens is 3. The normalized spacial score (nSPS) is 18.2. The molecule has 2 aliphatic heterocycles. The molecule has 0 aliphatic carbocycles. The van der Waals surface area contributed by atoms with Gasteiger partial charge in [-0.15, -0.1) is 11.3 Å². The van der Waals surface area contributed by atoms with Crippen LogP contribution in [-0.2, 0) is 9.63 Å². The molecule has 5 rings (SSSR count). The van der Waals surface area contributed by atoms with Crippen molar-refractivity contribution in [1.29, 1.82) is 0 Å². The van der Waals surface area contributed by atoms with E-state index < -0.39 is 0 Å². The molecule has 9 nitrogen and oxygen atoms in total. The molecular formula is C24H24ClN5O4S. The highest BCUT2D eigenvalue weighted by molar-refractivity contribution is 7.10. The maximum absolute atomic E-state index is 12.6. The van der Waals surface area contributed by atoms with Crippen molar-refractivity contribution in [2.24, 2.45) is 5.16 Å². The summed E-state index contributed by atoms with van der Waals surface area (Å²) in [6.45, 7) is 1.22. The van der Waals surface area contributed by atoms with Gasteiger partial charge in [0.25, 0.3) is 11.8 Å². The summed E-state index contributed by atoms with van der Waals surface area (Å²) in [6.07, 6.45) is 5.00. The van der Waals surface area contributed by atoms with Crippen LogP contribution in [-0.4, -0.2) is 58.3 Å². The lowest BCUT2D eigenvalue weighted by molar-refractivity contribution is -0.134. The fourth-order valence-corrected chi connectivity index (χ4v) is 5.45. The fourth-order valence-electron chi connectivity index (χ4n) is 4.19. The first-order valence-electron chi connectivity index (χ1n) is 11.3. The number of methoxy groups -OCH3 is 1. The quantitative estimate of drug-likeness (QED) is 0.465. The van der Waals surface area contributed by atoms with Crippen molar-refractivity contribution in [2.45, 2.75) is 31.3 Å². The number of piperidine rings is 1. The summed E-state index contributed by atoms with van der Waals surface area (Å²) in [4.78, 5) is 32.8. The second-order valence-corrected chi connectivity index (χ2v) is 9.57. The molecule has 4 heterocycles. The first-order chi connectivity index (χ1) is 17.1. The zero-order valence-corrected chi connectivity index (χ0v) is 20.7. The molecule has 1 unspecified atom stereocenters. The highest BCUT2D eigenvalue weighted by Gasteiger charge is 2.29. The van der Waals surface area contributed by atoms with Crippen LogP contribution in [0.4, 0.5) is 0 Å². The first-order valence-corrected chi connectivity index (χ1v) is 12.6. The highest BCUT2D eigenvalue weighted by Crippen LogP contribution is 2.35. The van der Waals surface area contributed by atoms with Crippen LogP contribution in [0.1, 0.15) is 47.5 Å². The lowest BCUT2D eigenvalue weighted by atomic mass is 9.97. The molecule has 182 valence electrons. The summed E-state index contributed by atoms with van der Waals surface area (Å²) in [6, 6.07) is 7.66. The summed E-state index contributed by atoms with van der Waals surface area (Å²) < 4.78 is 10.7.